The first-order valence-electron chi connectivity index (χ1n) is 6.74. The van der Waals surface area contributed by atoms with Crippen LogP contribution >= 0.6 is 0 Å². The van der Waals surface area contributed by atoms with Crippen molar-refractivity contribution in [3.63, 3.8) is 0 Å². The second-order valence-corrected chi connectivity index (χ2v) is 4.74. The fraction of sp³-hybridized carbons (Fsp3) is 0.600. The van der Waals surface area contributed by atoms with E-state index in [0.717, 1.165) is 0 Å². The van der Waals surface area contributed by atoms with E-state index in [1.807, 2.05) is 13.8 Å². The molecule has 1 nitrogen and oxygen atoms in total. The van der Waals surface area contributed by atoms with Crippen molar-refractivity contribution < 1.29 is 0 Å². The second-order valence-electron chi connectivity index (χ2n) is 4.74. The molecule has 88 valence electrons. The van der Waals surface area contributed by atoms with Gasteiger partial charge in [-0.3, -0.25) is 0 Å². The number of hydrogen-bond donors (Lipinski definition) is 1. The zero-order valence-corrected chi connectivity index (χ0v) is 10.6. The zero-order valence-electron chi connectivity index (χ0n) is 10.6. The Morgan fingerprint density at radius 3 is 2.44 bits per heavy atom. The lowest BCUT2D eigenvalue weighted by Gasteiger charge is -2.33. The number of nitrogens with one attached hydrogen (secondary N) is 1. The first kappa shape index (κ1) is 11.5. The van der Waals surface area contributed by atoms with E-state index in [1.165, 1.54) is 44.3 Å². The molecule has 1 heteroatoms. The molecule has 1 aromatic carbocycles. The van der Waals surface area contributed by atoms with E-state index in [2.05, 4.69) is 29.6 Å². The Morgan fingerprint density at radius 2 is 1.69 bits per heavy atom. The van der Waals surface area contributed by atoms with Crippen LogP contribution in [0.5, 0.6) is 0 Å². The molecule has 16 heavy (non-hydrogen) atoms. The van der Waals surface area contributed by atoms with Gasteiger partial charge in [0, 0.05) is 17.6 Å². The molecule has 1 saturated carbocycles. The zero-order chi connectivity index (χ0) is 11.4. The molecule has 1 fully saturated rings. The summed E-state index contributed by atoms with van der Waals surface area (Å²) in [5, 5.41) is 3.56. The number of benzene rings is 1. The van der Waals surface area contributed by atoms with E-state index < -0.39 is 0 Å². The molecule has 0 unspecified atom stereocenters. The molecule has 0 aromatic heterocycles. The monoisotopic (exact) mass is 217 g/mol. The number of para-hydroxylation sites is 1. The van der Waals surface area contributed by atoms with Crippen molar-refractivity contribution in [3.05, 3.63) is 29.8 Å². The maximum absolute atomic E-state index is 3.56. The summed E-state index contributed by atoms with van der Waals surface area (Å²) in [6.07, 6.45) is 7.03. The highest BCUT2D eigenvalue weighted by molar-refractivity contribution is 5.60. The summed E-state index contributed by atoms with van der Waals surface area (Å²) in [5.74, 6) is 0. The van der Waals surface area contributed by atoms with Crippen molar-refractivity contribution in [2.75, 3.05) is 11.9 Å². The lowest BCUT2D eigenvalue weighted by Crippen LogP contribution is -2.30. The van der Waals surface area contributed by atoms with Crippen LogP contribution < -0.4 is 5.32 Å². The van der Waals surface area contributed by atoms with Gasteiger partial charge in [-0.1, -0.05) is 51.3 Å². The molecule has 0 radical (unpaired) electrons. The molecular weight excluding hydrogens is 194 g/mol. The van der Waals surface area contributed by atoms with Crippen LogP contribution in [-0.4, -0.2) is 6.54 Å². The molecule has 1 N–H and O–H groups in total. The Balaban J connectivity index is 0.000000457. The minimum absolute atomic E-state index is 0.495. The van der Waals surface area contributed by atoms with E-state index in [4.69, 9.17) is 0 Å². The quantitative estimate of drug-likeness (QED) is 0.681. The Labute approximate surface area is 99.3 Å². The fourth-order valence-electron chi connectivity index (χ4n) is 3.13. The van der Waals surface area contributed by atoms with Gasteiger partial charge in [-0.25, -0.2) is 0 Å². The summed E-state index contributed by atoms with van der Waals surface area (Å²) >= 11 is 0. The van der Waals surface area contributed by atoms with E-state index in [-0.39, 0.29) is 0 Å². The summed E-state index contributed by atoms with van der Waals surface area (Å²) < 4.78 is 0. The van der Waals surface area contributed by atoms with Crippen molar-refractivity contribution in [1.82, 2.24) is 0 Å². The van der Waals surface area contributed by atoms with E-state index in [0.29, 0.717) is 5.41 Å². The summed E-state index contributed by atoms with van der Waals surface area (Å²) in [4.78, 5) is 0. The minimum atomic E-state index is 0.495. The van der Waals surface area contributed by atoms with Crippen molar-refractivity contribution in [2.45, 2.75) is 51.4 Å². The molecule has 2 aliphatic rings. The van der Waals surface area contributed by atoms with Gasteiger partial charge in [-0.15, -0.1) is 0 Å². The smallest absolute Gasteiger partial charge is 0.0379 e. The van der Waals surface area contributed by atoms with Crippen molar-refractivity contribution in [2.24, 2.45) is 0 Å². The third-order valence-electron chi connectivity index (χ3n) is 3.93. The molecule has 0 amide bonds. The Kier molecular flexibility index (Phi) is 3.52. The van der Waals surface area contributed by atoms with Crippen LogP contribution in [-0.2, 0) is 5.41 Å². The van der Waals surface area contributed by atoms with Gasteiger partial charge in [0.05, 0.1) is 0 Å². The van der Waals surface area contributed by atoms with Gasteiger partial charge in [0.1, 0.15) is 0 Å². The molecular formula is C15H23N. The molecule has 1 aromatic rings. The Hall–Kier alpha value is -0.980. The first-order valence-corrected chi connectivity index (χ1v) is 6.74. The van der Waals surface area contributed by atoms with Crippen molar-refractivity contribution >= 4 is 5.69 Å². The molecule has 1 spiro atoms. The van der Waals surface area contributed by atoms with Gasteiger partial charge >= 0.3 is 0 Å². The third-order valence-corrected chi connectivity index (χ3v) is 3.93. The van der Waals surface area contributed by atoms with Crippen LogP contribution in [0.15, 0.2) is 24.3 Å². The number of rotatable bonds is 0. The highest BCUT2D eigenvalue weighted by atomic mass is 14.9. The van der Waals surface area contributed by atoms with E-state index in [9.17, 15) is 0 Å². The van der Waals surface area contributed by atoms with Crippen molar-refractivity contribution in [3.8, 4) is 0 Å². The standard InChI is InChI=1S/C13H17N.C2H6/c1-4-8-13(9-5-1)10-14-12-7-3-2-6-11(12)13;1-2/h2-3,6-7,14H,1,4-5,8-10H2;1-2H3. The van der Waals surface area contributed by atoms with Gasteiger partial charge in [0.15, 0.2) is 0 Å². The molecule has 0 bridgehead atoms. The van der Waals surface area contributed by atoms with Gasteiger partial charge in [0.25, 0.3) is 0 Å². The van der Waals surface area contributed by atoms with Gasteiger partial charge in [-0.2, -0.15) is 0 Å². The van der Waals surface area contributed by atoms with Gasteiger partial charge in [-0.05, 0) is 24.5 Å². The lowest BCUT2D eigenvalue weighted by atomic mass is 9.71. The van der Waals surface area contributed by atoms with Crippen LogP contribution in [0.25, 0.3) is 0 Å². The summed E-state index contributed by atoms with van der Waals surface area (Å²) in [6, 6.07) is 8.86. The van der Waals surface area contributed by atoms with Gasteiger partial charge < -0.3 is 5.32 Å². The predicted molar refractivity (Wildman–Crippen MR) is 71.0 cm³/mol. The maximum atomic E-state index is 3.56. The maximum Gasteiger partial charge on any atom is 0.0379 e. The second kappa shape index (κ2) is 4.90. The number of fused-ring (bicyclic) bond motifs is 2. The Morgan fingerprint density at radius 1 is 1.00 bits per heavy atom. The predicted octanol–water partition coefficient (Wildman–Crippen LogP) is 4.34. The summed E-state index contributed by atoms with van der Waals surface area (Å²) in [5.41, 5.74) is 3.46. The third kappa shape index (κ3) is 1.83. The summed E-state index contributed by atoms with van der Waals surface area (Å²) in [7, 11) is 0. The van der Waals surface area contributed by atoms with E-state index >= 15 is 0 Å². The Bertz CT molecular complexity index is 332. The molecule has 1 heterocycles. The van der Waals surface area contributed by atoms with E-state index in [1.54, 1.807) is 5.56 Å². The van der Waals surface area contributed by atoms with Crippen molar-refractivity contribution in [1.29, 1.82) is 0 Å². The SMILES string of the molecule is CC.c1ccc2c(c1)NCC21CCCCC1. The molecule has 1 aliphatic heterocycles. The minimum Gasteiger partial charge on any atom is -0.384 e. The average Bonchev–Trinajstić information content (AvgIpc) is 2.73. The number of hydrogen-bond acceptors (Lipinski definition) is 1. The van der Waals surface area contributed by atoms with Crippen LogP contribution in [0.2, 0.25) is 0 Å². The molecule has 0 saturated heterocycles. The van der Waals surface area contributed by atoms with Crippen LogP contribution in [0, 0.1) is 0 Å². The van der Waals surface area contributed by atoms with Gasteiger partial charge in [0.2, 0.25) is 0 Å². The molecule has 3 rings (SSSR count). The molecule has 1 aliphatic carbocycles. The molecule has 0 atom stereocenters. The lowest BCUT2D eigenvalue weighted by molar-refractivity contribution is 0.319. The van der Waals surface area contributed by atoms with Crippen LogP contribution in [0.3, 0.4) is 0 Å². The average molecular weight is 217 g/mol. The fourth-order valence-corrected chi connectivity index (χ4v) is 3.13. The van der Waals surface area contributed by atoms with Crippen LogP contribution in [0.1, 0.15) is 51.5 Å². The first-order chi connectivity index (χ1) is 7.91. The normalized spacial score (nSPS) is 20.6. The van der Waals surface area contributed by atoms with Crippen LogP contribution in [0.4, 0.5) is 5.69 Å². The number of anilines is 1. The largest absolute Gasteiger partial charge is 0.384 e. The highest BCUT2D eigenvalue weighted by Crippen LogP contribution is 2.46. The topological polar surface area (TPSA) is 12.0 Å². The highest BCUT2D eigenvalue weighted by Gasteiger charge is 2.39. The summed E-state index contributed by atoms with van der Waals surface area (Å²) in [6.45, 7) is 5.17.